The van der Waals surface area contributed by atoms with Gasteiger partial charge in [0.05, 0.1) is 10.4 Å². The number of hydrazine groups is 1. The van der Waals surface area contributed by atoms with E-state index in [9.17, 15) is 8.78 Å². The minimum absolute atomic E-state index is 0.357. The molecular formula is C12H11ClF2N2S. The summed E-state index contributed by atoms with van der Waals surface area (Å²) in [5.74, 6) is 4.20. The van der Waals surface area contributed by atoms with Gasteiger partial charge in [0.1, 0.15) is 11.6 Å². The Bertz CT molecular complexity index is 524. The maximum Gasteiger partial charge on any atom is 0.126 e. The Balaban J connectivity index is 2.22. The van der Waals surface area contributed by atoms with Crippen LogP contribution < -0.4 is 11.3 Å². The van der Waals surface area contributed by atoms with Crippen molar-refractivity contribution in [3.63, 3.8) is 0 Å². The summed E-state index contributed by atoms with van der Waals surface area (Å²) in [5, 5.41) is 0. The van der Waals surface area contributed by atoms with Crippen LogP contribution in [0.1, 0.15) is 16.5 Å². The van der Waals surface area contributed by atoms with E-state index in [1.54, 1.807) is 6.07 Å². The molecule has 96 valence electrons. The number of benzene rings is 1. The minimum atomic E-state index is -0.616. The van der Waals surface area contributed by atoms with Crippen molar-refractivity contribution in [2.75, 3.05) is 0 Å². The van der Waals surface area contributed by atoms with Crippen molar-refractivity contribution in [1.29, 1.82) is 0 Å². The zero-order valence-corrected chi connectivity index (χ0v) is 10.9. The largest absolute Gasteiger partial charge is 0.271 e. The fourth-order valence-electron chi connectivity index (χ4n) is 1.71. The zero-order chi connectivity index (χ0) is 13.1. The SMILES string of the molecule is NNC(Cc1ccc(Cl)s1)c1cc(F)cc(F)c1. The summed E-state index contributed by atoms with van der Waals surface area (Å²) < 4.78 is 27.0. The van der Waals surface area contributed by atoms with Crippen LogP contribution in [0.25, 0.3) is 0 Å². The van der Waals surface area contributed by atoms with Crippen LogP contribution in [-0.2, 0) is 6.42 Å². The van der Waals surface area contributed by atoms with E-state index in [1.165, 1.54) is 23.5 Å². The van der Waals surface area contributed by atoms with E-state index in [4.69, 9.17) is 17.4 Å². The summed E-state index contributed by atoms with van der Waals surface area (Å²) >= 11 is 7.25. The molecule has 2 rings (SSSR count). The number of thiophene rings is 1. The summed E-state index contributed by atoms with van der Waals surface area (Å²) in [6.45, 7) is 0. The highest BCUT2D eigenvalue weighted by atomic mass is 35.5. The number of rotatable bonds is 4. The summed E-state index contributed by atoms with van der Waals surface area (Å²) in [7, 11) is 0. The van der Waals surface area contributed by atoms with Crippen LogP contribution in [0.2, 0.25) is 4.34 Å². The molecule has 0 radical (unpaired) electrons. The second-order valence-corrected chi connectivity index (χ2v) is 5.63. The van der Waals surface area contributed by atoms with Gasteiger partial charge in [-0.1, -0.05) is 11.6 Å². The normalized spacial score (nSPS) is 12.7. The van der Waals surface area contributed by atoms with E-state index in [1.807, 2.05) is 6.07 Å². The average molecular weight is 289 g/mol. The first kappa shape index (κ1) is 13.4. The lowest BCUT2D eigenvalue weighted by Crippen LogP contribution is -2.29. The highest BCUT2D eigenvalue weighted by Crippen LogP contribution is 2.26. The molecule has 0 fully saturated rings. The molecule has 3 N–H and O–H groups in total. The van der Waals surface area contributed by atoms with Crippen LogP contribution in [0.15, 0.2) is 30.3 Å². The lowest BCUT2D eigenvalue weighted by Gasteiger charge is -2.15. The Kier molecular flexibility index (Phi) is 4.29. The first-order chi connectivity index (χ1) is 8.58. The van der Waals surface area contributed by atoms with E-state index in [0.717, 1.165) is 10.9 Å². The topological polar surface area (TPSA) is 38.0 Å². The third-order valence-electron chi connectivity index (χ3n) is 2.52. The van der Waals surface area contributed by atoms with Crippen LogP contribution >= 0.6 is 22.9 Å². The molecule has 0 spiro atoms. The van der Waals surface area contributed by atoms with Gasteiger partial charge < -0.3 is 0 Å². The van der Waals surface area contributed by atoms with E-state index < -0.39 is 11.6 Å². The fraction of sp³-hybridized carbons (Fsp3) is 0.167. The van der Waals surface area contributed by atoms with Crippen LogP contribution in [0.5, 0.6) is 0 Å². The van der Waals surface area contributed by atoms with Crippen LogP contribution in [0.3, 0.4) is 0 Å². The molecule has 0 aliphatic carbocycles. The summed E-state index contributed by atoms with van der Waals surface area (Å²) in [4.78, 5) is 0.993. The Morgan fingerprint density at radius 2 is 1.89 bits per heavy atom. The second kappa shape index (κ2) is 5.75. The van der Waals surface area contributed by atoms with Crippen molar-refractivity contribution in [3.05, 3.63) is 56.7 Å². The maximum absolute atomic E-state index is 13.1. The molecule has 1 atom stereocenters. The molecule has 1 unspecified atom stereocenters. The van der Waals surface area contributed by atoms with Gasteiger partial charge in [0.15, 0.2) is 0 Å². The Hall–Kier alpha value is -1.01. The summed E-state index contributed by atoms with van der Waals surface area (Å²) in [5.41, 5.74) is 3.03. The lowest BCUT2D eigenvalue weighted by molar-refractivity contribution is 0.533. The van der Waals surface area contributed by atoms with Crippen molar-refractivity contribution < 1.29 is 8.78 Å². The number of halogens is 3. The molecule has 1 aromatic heterocycles. The van der Waals surface area contributed by atoms with Gasteiger partial charge in [0.25, 0.3) is 0 Å². The van der Waals surface area contributed by atoms with Gasteiger partial charge in [0, 0.05) is 17.4 Å². The van der Waals surface area contributed by atoms with E-state index in [2.05, 4.69) is 5.43 Å². The van der Waals surface area contributed by atoms with Crippen molar-refractivity contribution >= 4 is 22.9 Å². The molecule has 18 heavy (non-hydrogen) atoms. The molecule has 0 aliphatic rings. The van der Waals surface area contributed by atoms with E-state index in [0.29, 0.717) is 16.3 Å². The standard InChI is InChI=1S/C12H11ClF2N2S/c13-12-2-1-10(18-12)6-11(17-16)7-3-8(14)5-9(15)4-7/h1-5,11,17H,6,16H2. The van der Waals surface area contributed by atoms with E-state index in [-0.39, 0.29) is 6.04 Å². The molecule has 0 bridgehead atoms. The molecule has 1 heterocycles. The predicted octanol–water partition coefficient (Wildman–Crippen LogP) is 3.43. The van der Waals surface area contributed by atoms with Gasteiger partial charge in [0.2, 0.25) is 0 Å². The highest BCUT2D eigenvalue weighted by molar-refractivity contribution is 7.16. The van der Waals surface area contributed by atoms with Gasteiger partial charge in [-0.05, 0) is 29.8 Å². The third-order valence-corrected chi connectivity index (χ3v) is 3.78. The number of nitrogens with one attached hydrogen (secondary N) is 1. The van der Waals surface area contributed by atoms with Crippen LogP contribution in [-0.4, -0.2) is 0 Å². The van der Waals surface area contributed by atoms with Crippen molar-refractivity contribution in [2.45, 2.75) is 12.5 Å². The molecule has 0 saturated heterocycles. The summed E-state index contributed by atoms with van der Waals surface area (Å²) in [6.07, 6.45) is 0.525. The van der Waals surface area contributed by atoms with Gasteiger partial charge in [-0.3, -0.25) is 11.3 Å². The van der Waals surface area contributed by atoms with E-state index >= 15 is 0 Å². The van der Waals surface area contributed by atoms with Gasteiger partial charge in [-0.25, -0.2) is 8.78 Å². The van der Waals surface area contributed by atoms with Gasteiger partial charge in [-0.2, -0.15) is 0 Å². The maximum atomic E-state index is 13.1. The molecule has 6 heteroatoms. The average Bonchev–Trinajstić information content (AvgIpc) is 2.70. The zero-order valence-electron chi connectivity index (χ0n) is 9.29. The Labute approximate surface area is 112 Å². The molecular weight excluding hydrogens is 278 g/mol. The number of hydrogen-bond donors (Lipinski definition) is 2. The Morgan fingerprint density at radius 3 is 2.39 bits per heavy atom. The Morgan fingerprint density at radius 1 is 1.22 bits per heavy atom. The quantitative estimate of drug-likeness (QED) is 0.668. The molecule has 2 aromatic rings. The molecule has 0 saturated carbocycles. The van der Waals surface area contributed by atoms with Crippen molar-refractivity contribution in [3.8, 4) is 0 Å². The van der Waals surface area contributed by atoms with Gasteiger partial charge in [-0.15, -0.1) is 11.3 Å². The van der Waals surface area contributed by atoms with Crippen molar-refractivity contribution in [2.24, 2.45) is 5.84 Å². The monoisotopic (exact) mass is 288 g/mol. The molecule has 0 amide bonds. The second-order valence-electron chi connectivity index (χ2n) is 3.83. The predicted molar refractivity (Wildman–Crippen MR) is 69.5 cm³/mol. The number of hydrogen-bond acceptors (Lipinski definition) is 3. The van der Waals surface area contributed by atoms with Crippen molar-refractivity contribution in [1.82, 2.24) is 5.43 Å². The molecule has 2 nitrogen and oxygen atoms in total. The van der Waals surface area contributed by atoms with Crippen LogP contribution in [0, 0.1) is 11.6 Å². The summed E-state index contributed by atoms with van der Waals surface area (Å²) in [6, 6.07) is 6.66. The van der Waals surface area contributed by atoms with Gasteiger partial charge >= 0.3 is 0 Å². The first-order valence-electron chi connectivity index (χ1n) is 5.25. The number of nitrogens with two attached hydrogens (primary N) is 1. The van der Waals surface area contributed by atoms with Crippen LogP contribution in [0.4, 0.5) is 8.78 Å². The minimum Gasteiger partial charge on any atom is -0.271 e. The highest BCUT2D eigenvalue weighted by Gasteiger charge is 2.14. The smallest absolute Gasteiger partial charge is 0.126 e. The molecule has 0 aliphatic heterocycles. The third kappa shape index (κ3) is 3.26. The first-order valence-corrected chi connectivity index (χ1v) is 6.44. The lowest BCUT2D eigenvalue weighted by atomic mass is 10.0. The molecule has 1 aromatic carbocycles. The fourth-order valence-corrected chi connectivity index (χ4v) is 2.84.